The Balaban J connectivity index is 1.91. The first-order chi connectivity index (χ1) is 9.58. The topological polar surface area (TPSA) is 15.3 Å². The van der Waals surface area contributed by atoms with Gasteiger partial charge in [-0.15, -0.1) is 0 Å². The average molecular weight is 278 g/mol. The quantitative estimate of drug-likeness (QED) is 0.855. The molecule has 1 N–H and O–H groups in total. The second-order valence-corrected chi connectivity index (χ2v) is 6.24. The van der Waals surface area contributed by atoms with Crippen LogP contribution in [0.2, 0.25) is 0 Å². The lowest BCUT2D eigenvalue weighted by molar-refractivity contribution is 0.183. The highest BCUT2D eigenvalue weighted by Gasteiger charge is 2.24. The molecular formula is C17H27FN2. The Bertz CT molecular complexity index is 413. The minimum atomic E-state index is -0.156. The molecule has 1 aromatic carbocycles. The van der Waals surface area contributed by atoms with Crippen molar-refractivity contribution in [2.75, 3.05) is 19.6 Å². The second kappa shape index (κ2) is 7.19. The molecule has 2 rings (SSSR count). The molecule has 0 bridgehead atoms. The lowest BCUT2D eigenvalue weighted by Crippen LogP contribution is -2.44. The summed E-state index contributed by atoms with van der Waals surface area (Å²) in [6, 6.07) is 7.66. The Morgan fingerprint density at radius 1 is 1.20 bits per heavy atom. The highest BCUT2D eigenvalue weighted by Crippen LogP contribution is 2.19. The van der Waals surface area contributed by atoms with Gasteiger partial charge in [-0.05, 0) is 56.5 Å². The molecule has 1 saturated heterocycles. The van der Waals surface area contributed by atoms with Crippen LogP contribution < -0.4 is 5.32 Å². The minimum Gasteiger partial charge on any atom is -0.309 e. The van der Waals surface area contributed by atoms with Crippen molar-refractivity contribution in [1.29, 1.82) is 0 Å². The molecule has 2 atom stereocenters. The van der Waals surface area contributed by atoms with Gasteiger partial charge in [-0.1, -0.05) is 26.0 Å². The smallest absolute Gasteiger partial charge is 0.123 e. The zero-order chi connectivity index (χ0) is 14.5. The van der Waals surface area contributed by atoms with E-state index in [1.54, 1.807) is 12.1 Å². The van der Waals surface area contributed by atoms with Gasteiger partial charge < -0.3 is 5.32 Å². The van der Waals surface area contributed by atoms with Crippen molar-refractivity contribution in [3.8, 4) is 0 Å². The Morgan fingerprint density at radius 3 is 2.50 bits per heavy atom. The number of benzene rings is 1. The molecule has 2 nitrogen and oxygen atoms in total. The minimum absolute atomic E-state index is 0.156. The van der Waals surface area contributed by atoms with E-state index < -0.39 is 0 Å². The molecule has 112 valence electrons. The third-order valence-corrected chi connectivity index (χ3v) is 4.36. The van der Waals surface area contributed by atoms with Gasteiger partial charge in [0.05, 0.1) is 0 Å². The van der Waals surface area contributed by atoms with Crippen LogP contribution in [-0.4, -0.2) is 30.6 Å². The Kier molecular flexibility index (Phi) is 5.55. The lowest BCUT2D eigenvalue weighted by atomic mass is 10.0. The van der Waals surface area contributed by atoms with E-state index in [0.717, 1.165) is 12.1 Å². The van der Waals surface area contributed by atoms with Gasteiger partial charge >= 0.3 is 0 Å². The van der Waals surface area contributed by atoms with Gasteiger partial charge in [0.1, 0.15) is 5.82 Å². The molecular weight excluding hydrogens is 251 g/mol. The van der Waals surface area contributed by atoms with E-state index in [2.05, 4.69) is 31.0 Å². The summed E-state index contributed by atoms with van der Waals surface area (Å²) in [7, 11) is 0. The second-order valence-electron chi connectivity index (χ2n) is 6.24. The van der Waals surface area contributed by atoms with Crippen LogP contribution in [0.5, 0.6) is 0 Å². The van der Waals surface area contributed by atoms with Crippen LogP contribution >= 0.6 is 0 Å². The molecule has 0 radical (unpaired) electrons. The maximum absolute atomic E-state index is 13.3. The zero-order valence-electron chi connectivity index (χ0n) is 12.9. The maximum Gasteiger partial charge on any atom is 0.123 e. The molecule has 0 spiro atoms. The monoisotopic (exact) mass is 278 g/mol. The Morgan fingerprint density at radius 2 is 1.90 bits per heavy atom. The number of hydrogen-bond acceptors (Lipinski definition) is 2. The van der Waals surface area contributed by atoms with Crippen molar-refractivity contribution in [2.24, 2.45) is 5.92 Å². The highest BCUT2D eigenvalue weighted by atomic mass is 19.1. The molecule has 1 aromatic rings. The molecule has 1 fully saturated rings. The first-order valence-corrected chi connectivity index (χ1v) is 7.81. The fraction of sp³-hybridized carbons (Fsp3) is 0.647. The molecule has 0 amide bonds. The lowest BCUT2D eigenvalue weighted by Gasteiger charge is -2.32. The zero-order valence-corrected chi connectivity index (χ0v) is 12.9. The molecule has 3 heteroatoms. The normalized spacial score (nSPS) is 19.4. The van der Waals surface area contributed by atoms with Crippen molar-refractivity contribution in [1.82, 2.24) is 10.2 Å². The van der Waals surface area contributed by atoms with Crippen molar-refractivity contribution in [2.45, 2.75) is 45.7 Å². The molecule has 0 saturated carbocycles. The van der Waals surface area contributed by atoms with E-state index in [-0.39, 0.29) is 11.9 Å². The Labute approximate surface area is 122 Å². The summed E-state index contributed by atoms with van der Waals surface area (Å²) < 4.78 is 13.3. The van der Waals surface area contributed by atoms with Crippen LogP contribution in [0.15, 0.2) is 24.3 Å². The highest BCUT2D eigenvalue weighted by molar-refractivity contribution is 5.19. The summed E-state index contributed by atoms with van der Waals surface area (Å²) in [5, 5.41) is 3.58. The van der Waals surface area contributed by atoms with Gasteiger partial charge in [-0.2, -0.15) is 0 Å². The third-order valence-electron chi connectivity index (χ3n) is 4.36. The van der Waals surface area contributed by atoms with Gasteiger partial charge in [0.25, 0.3) is 0 Å². The fourth-order valence-electron chi connectivity index (χ4n) is 3.05. The Hall–Kier alpha value is -0.930. The summed E-state index contributed by atoms with van der Waals surface area (Å²) >= 11 is 0. The molecule has 1 aliphatic heterocycles. The van der Waals surface area contributed by atoms with Crippen molar-refractivity contribution in [3.05, 3.63) is 35.6 Å². The molecule has 20 heavy (non-hydrogen) atoms. The summed E-state index contributed by atoms with van der Waals surface area (Å²) in [6.45, 7) is 10.1. The van der Waals surface area contributed by atoms with Crippen molar-refractivity contribution in [3.63, 3.8) is 0 Å². The van der Waals surface area contributed by atoms with Gasteiger partial charge in [-0.25, -0.2) is 4.39 Å². The summed E-state index contributed by atoms with van der Waals surface area (Å²) in [4.78, 5) is 2.59. The van der Waals surface area contributed by atoms with E-state index in [4.69, 9.17) is 0 Å². The van der Waals surface area contributed by atoms with Crippen LogP contribution in [0.1, 0.15) is 45.2 Å². The standard InChI is InChI=1S/C17H27FN2/c1-13(2)17(20-9-4-5-10-20)12-19-14(3)15-7-6-8-16(18)11-15/h6-8,11,13-14,17,19H,4-5,9-10,12H2,1-3H3. The van der Waals surface area contributed by atoms with Crippen LogP contribution in [0.4, 0.5) is 4.39 Å². The predicted octanol–water partition coefficient (Wildman–Crippen LogP) is 3.60. The molecule has 0 aliphatic carbocycles. The van der Waals surface area contributed by atoms with E-state index >= 15 is 0 Å². The SMILES string of the molecule is CC(NCC(C(C)C)N1CCCC1)c1cccc(F)c1. The number of nitrogens with zero attached hydrogens (tertiary/aromatic N) is 1. The van der Waals surface area contributed by atoms with Crippen molar-refractivity contribution >= 4 is 0 Å². The number of hydrogen-bond donors (Lipinski definition) is 1. The first-order valence-electron chi connectivity index (χ1n) is 7.81. The summed E-state index contributed by atoms with van der Waals surface area (Å²) in [5.41, 5.74) is 1.02. The van der Waals surface area contributed by atoms with E-state index in [9.17, 15) is 4.39 Å². The molecule has 2 unspecified atom stereocenters. The van der Waals surface area contributed by atoms with E-state index in [0.29, 0.717) is 12.0 Å². The largest absolute Gasteiger partial charge is 0.309 e. The summed E-state index contributed by atoms with van der Waals surface area (Å²) in [6.07, 6.45) is 2.64. The third kappa shape index (κ3) is 4.03. The number of likely N-dealkylation sites (tertiary alicyclic amines) is 1. The number of nitrogens with one attached hydrogen (secondary N) is 1. The van der Waals surface area contributed by atoms with Crippen LogP contribution in [-0.2, 0) is 0 Å². The van der Waals surface area contributed by atoms with Gasteiger partial charge in [0.15, 0.2) is 0 Å². The number of rotatable bonds is 6. The first kappa shape index (κ1) is 15.5. The molecule has 1 aliphatic rings. The molecule has 0 aromatic heterocycles. The average Bonchev–Trinajstić information content (AvgIpc) is 2.92. The van der Waals surface area contributed by atoms with Crippen LogP contribution in [0.3, 0.4) is 0 Å². The van der Waals surface area contributed by atoms with Crippen molar-refractivity contribution < 1.29 is 4.39 Å². The van der Waals surface area contributed by atoms with Gasteiger partial charge in [0, 0.05) is 18.6 Å². The van der Waals surface area contributed by atoms with E-state index in [1.165, 1.54) is 32.0 Å². The predicted molar refractivity (Wildman–Crippen MR) is 82.3 cm³/mol. The number of halogens is 1. The van der Waals surface area contributed by atoms with Crippen LogP contribution in [0, 0.1) is 11.7 Å². The van der Waals surface area contributed by atoms with Gasteiger partial charge in [0.2, 0.25) is 0 Å². The molecule has 1 heterocycles. The van der Waals surface area contributed by atoms with E-state index in [1.807, 2.05) is 6.07 Å². The summed E-state index contributed by atoms with van der Waals surface area (Å²) in [5.74, 6) is 0.483. The fourth-order valence-corrected chi connectivity index (χ4v) is 3.05. The van der Waals surface area contributed by atoms with Gasteiger partial charge in [-0.3, -0.25) is 4.90 Å². The van der Waals surface area contributed by atoms with Crippen LogP contribution in [0.25, 0.3) is 0 Å². The maximum atomic E-state index is 13.3.